The second kappa shape index (κ2) is 4.63. The Bertz CT molecular complexity index is 343. The Morgan fingerprint density at radius 3 is 2.00 bits per heavy atom. The van der Waals surface area contributed by atoms with Crippen LogP contribution in [-0.4, -0.2) is 0 Å². The fourth-order valence-electron chi connectivity index (χ4n) is 1.62. The van der Waals surface area contributed by atoms with Gasteiger partial charge in [0.25, 0.3) is 0 Å². The van der Waals surface area contributed by atoms with Gasteiger partial charge in [-0.3, -0.25) is 0 Å². The van der Waals surface area contributed by atoms with Crippen LogP contribution in [0.2, 0.25) is 0 Å². The number of alkyl halides is 3. The van der Waals surface area contributed by atoms with Crippen LogP contribution in [0.4, 0.5) is 13.2 Å². The fourth-order valence-corrected chi connectivity index (χ4v) is 1.62. The van der Waals surface area contributed by atoms with Gasteiger partial charge in [0.05, 0.1) is 5.56 Å². The Kier molecular flexibility index (Phi) is 3.86. The predicted octanol–water partition coefficient (Wildman–Crippen LogP) is 3.54. The van der Waals surface area contributed by atoms with Crippen molar-refractivity contribution in [2.45, 2.75) is 25.1 Å². The lowest BCUT2D eigenvalue weighted by molar-refractivity contribution is -0.137. The predicted molar refractivity (Wildman–Crippen MR) is 58.3 cm³/mol. The molecule has 0 saturated heterocycles. The molecule has 0 aliphatic heterocycles. The van der Waals surface area contributed by atoms with Gasteiger partial charge < -0.3 is 5.73 Å². The van der Waals surface area contributed by atoms with Crippen LogP contribution in [0.5, 0.6) is 0 Å². The van der Waals surface area contributed by atoms with Crippen LogP contribution >= 0.6 is 12.4 Å². The Morgan fingerprint density at radius 1 is 1.12 bits per heavy atom. The molecule has 1 aliphatic carbocycles. The maximum Gasteiger partial charge on any atom is 0.416 e. The van der Waals surface area contributed by atoms with E-state index in [1.54, 1.807) is 0 Å². The van der Waals surface area contributed by atoms with Gasteiger partial charge in [-0.1, -0.05) is 12.1 Å². The summed E-state index contributed by atoms with van der Waals surface area (Å²) in [5.41, 5.74) is 6.06. The second-order valence-electron chi connectivity index (χ2n) is 3.98. The van der Waals surface area contributed by atoms with Crippen molar-refractivity contribution < 1.29 is 13.2 Å². The minimum atomic E-state index is -4.26. The third-order valence-corrected chi connectivity index (χ3v) is 2.75. The highest BCUT2D eigenvalue weighted by Gasteiger charge is 2.32. The fraction of sp³-hybridized carbons (Fsp3) is 0.455. The van der Waals surface area contributed by atoms with Gasteiger partial charge in [-0.25, -0.2) is 0 Å². The lowest BCUT2D eigenvalue weighted by Crippen LogP contribution is -2.13. The highest BCUT2D eigenvalue weighted by atomic mass is 35.5. The van der Waals surface area contributed by atoms with Crippen molar-refractivity contribution in [3.63, 3.8) is 0 Å². The molecule has 1 fully saturated rings. The molecule has 0 aromatic heterocycles. The van der Waals surface area contributed by atoms with Crippen LogP contribution in [0.25, 0.3) is 0 Å². The normalized spacial score (nSPS) is 17.8. The van der Waals surface area contributed by atoms with Gasteiger partial charge in [0.15, 0.2) is 0 Å². The van der Waals surface area contributed by atoms with E-state index in [2.05, 4.69) is 0 Å². The smallest absolute Gasteiger partial charge is 0.324 e. The molecule has 1 aromatic carbocycles. The highest BCUT2D eigenvalue weighted by Crippen LogP contribution is 2.40. The first kappa shape index (κ1) is 13.3. The van der Waals surface area contributed by atoms with Crippen LogP contribution in [0.3, 0.4) is 0 Å². The molecule has 5 heteroatoms. The third-order valence-electron chi connectivity index (χ3n) is 2.75. The lowest BCUT2D eigenvalue weighted by atomic mass is 10.0. The molecule has 16 heavy (non-hydrogen) atoms. The van der Waals surface area contributed by atoms with Crippen molar-refractivity contribution in [2.24, 2.45) is 11.7 Å². The summed E-state index contributed by atoms with van der Waals surface area (Å²) in [6, 6.07) is 5.04. The SMILES string of the molecule is Cl.N[C@H](c1ccc(C(F)(F)F)cc1)C1CC1. The first-order valence-corrected chi connectivity index (χ1v) is 4.91. The van der Waals surface area contributed by atoms with Gasteiger partial charge in [0, 0.05) is 6.04 Å². The van der Waals surface area contributed by atoms with Crippen molar-refractivity contribution in [3.8, 4) is 0 Å². The lowest BCUT2D eigenvalue weighted by Gasteiger charge is -2.12. The molecule has 0 heterocycles. The molecule has 0 bridgehead atoms. The molecule has 0 spiro atoms. The zero-order valence-electron chi connectivity index (χ0n) is 8.50. The molecule has 1 saturated carbocycles. The topological polar surface area (TPSA) is 26.0 Å². The van der Waals surface area contributed by atoms with Crippen LogP contribution < -0.4 is 5.73 Å². The van der Waals surface area contributed by atoms with Crippen molar-refractivity contribution in [2.75, 3.05) is 0 Å². The zero-order chi connectivity index (χ0) is 11.1. The first-order valence-electron chi connectivity index (χ1n) is 4.91. The molecule has 0 radical (unpaired) electrons. The van der Waals surface area contributed by atoms with Crippen LogP contribution in [0, 0.1) is 5.92 Å². The minimum absolute atomic E-state index is 0. The summed E-state index contributed by atoms with van der Waals surface area (Å²) in [5, 5.41) is 0. The van der Waals surface area contributed by atoms with E-state index >= 15 is 0 Å². The van der Waals surface area contributed by atoms with E-state index in [1.165, 1.54) is 12.1 Å². The second-order valence-corrected chi connectivity index (χ2v) is 3.98. The quantitative estimate of drug-likeness (QED) is 0.855. The largest absolute Gasteiger partial charge is 0.416 e. The van der Waals surface area contributed by atoms with Gasteiger partial charge in [-0.05, 0) is 36.5 Å². The molecule has 0 unspecified atom stereocenters. The summed E-state index contributed by atoms with van der Waals surface area (Å²) in [6.45, 7) is 0. The highest BCUT2D eigenvalue weighted by molar-refractivity contribution is 5.85. The van der Waals surface area contributed by atoms with E-state index in [4.69, 9.17) is 5.73 Å². The van der Waals surface area contributed by atoms with E-state index < -0.39 is 11.7 Å². The van der Waals surface area contributed by atoms with E-state index in [0.717, 1.165) is 30.5 Å². The number of nitrogens with two attached hydrogens (primary N) is 1. The molecular formula is C11H13ClF3N. The maximum atomic E-state index is 12.3. The third kappa shape index (κ3) is 2.89. The molecule has 1 atom stereocenters. The number of hydrogen-bond donors (Lipinski definition) is 1. The van der Waals surface area contributed by atoms with Crippen molar-refractivity contribution in [3.05, 3.63) is 35.4 Å². The van der Waals surface area contributed by atoms with Crippen LogP contribution in [0.15, 0.2) is 24.3 Å². The van der Waals surface area contributed by atoms with Crippen molar-refractivity contribution >= 4 is 12.4 Å². The number of halogens is 4. The van der Waals surface area contributed by atoms with E-state index in [9.17, 15) is 13.2 Å². The van der Waals surface area contributed by atoms with Crippen LogP contribution in [0.1, 0.15) is 30.0 Å². The number of benzene rings is 1. The minimum Gasteiger partial charge on any atom is -0.324 e. The summed E-state index contributed by atoms with van der Waals surface area (Å²) < 4.78 is 36.8. The van der Waals surface area contributed by atoms with Crippen molar-refractivity contribution in [1.82, 2.24) is 0 Å². The molecule has 1 aromatic rings. The van der Waals surface area contributed by atoms with Gasteiger partial charge in [0.1, 0.15) is 0 Å². The molecule has 2 N–H and O–H groups in total. The molecule has 0 amide bonds. The molecule has 90 valence electrons. The average Bonchev–Trinajstić information content (AvgIpc) is 2.99. The summed E-state index contributed by atoms with van der Waals surface area (Å²) in [5.74, 6) is 0.460. The van der Waals surface area contributed by atoms with Gasteiger partial charge in [-0.2, -0.15) is 13.2 Å². The van der Waals surface area contributed by atoms with Gasteiger partial charge in [-0.15, -0.1) is 12.4 Å². The standard InChI is InChI=1S/C11H12F3N.ClH/c12-11(13,14)9-5-3-8(4-6-9)10(15)7-1-2-7;/h3-7,10H,1-2,15H2;1H/t10-;/m0./s1. The zero-order valence-corrected chi connectivity index (χ0v) is 9.31. The van der Waals surface area contributed by atoms with E-state index in [1.807, 2.05) is 0 Å². The molecule has 2 rings (SSSR count). The maximum absolute atomic E-state index is 12.3. The average molecular weight is 252 g/mol. The number of hydrogen-bond acceptors (Lipinski definition) is 1. The monoisotopic (exact) mass is 251 g/mol. The Labute approximate surface area is 98.2 Å². The van der Waals surface area contributed by atoms with Crippen LogP contribution in [-0.2, 0) is 6.18 Å². The Balaban J connectivity index is 0.00000128. The summed E-state index contributed by atoms with van der Waals surface area (Å²) >= 11 is 0. The van der Waals surface area contributed by atoms with Gasteiger partial charge in [0.2, 0.25) is 0 Å². The van der Waals surface area contributed by atoms with E-state index in [0.29, 0.717) is 5.92 Å². The Morgan fingerprint density at radius 2 is 1.62 bits per heavy atom. The van der Waals surface area contributed by atoms with Gasteiger partial charge >= 0.3 is 6.18 Å². The summed E-state index contributed by atoms with van der Waals surface area (Å²) in [4.78, 5) is 0. The molecule has 1 aliphatic rings. The van der Waals surface area contributed by atoms with Crippen molar-refractivity contribution in [1.29, 1.82) is 0 Å². The molecule has 1 nitrogen and oxygen atoms in total. The Hall–Kier alpha value is -0.740. The first-order chi connectivity index (χ1) is 6.98. The number of rotatable bonds is 2. The summed E-state index contributed by atoms with van der Waals surface area (Å²) in [6.07, 6.45) is -2.09. The van der Waals surface area contributed by atoms with E-state index in [-0.39, 0.29) is 18.4 Å². The summed E-state index contributed by atoms with van der Waals surface area (Å²) in [7, 11) is 0. The molecular weight excluding hydrogens is 239 g/mol.